The Morgan fingerprint density at radius 2 is 1.94 bits per heavy atom. The van der Waals surface area contributed by atoms with Gasteiger partial charge in [-0.2, -0.15) is 0 Å². The Labute approximate surface area is 104 Å². The van der Waals surface area contributed by atoms with Crippen LogP contribution in [0, 0.1) is 0 Å². The molecule has 18 heavy (non-hydrogen) atoms. The van der Waals surface area contributed by atoms with Crippen LogP contribution in [-0.2, 0) is 0 Å². The lowest BCUT2D eigenvalue weighted by Gasteiger charge is -2.08. The third kappa shape index (κ3) is 1.78. The number of hydrogen-bond acceptors (Lipinski definition) is 3. The number of fused-ring (bicyclic) bond motifs is 2. The van der Waals surface area contributed by atoms with E-state index in [-0.39, 0.29) is 5.43 Å². The van der Waals surface area contributed by atoms with E-state index in [9.17, 15) is 4.79 Å². The summed E-state index contributed by atoms with van der Waals surface area (Å²) in [5.74, 6) is 0.974. The zero-order chi connectivity index (χ0) is 12.7. The molecule has 0 spiro atoms. The summed E-state index contributed by atoms with van der Waals surface area (Å²) in [6.45, 7) is 4.26. The first-order valence-electron chi connectivity index (χ1n) is 5.98. The molecule has 1 aromatic carbocycles. The van der Waals surface area contributed by atoms with Gasteiger partial charge in [0.1, 0.15) is 11.2 Å². The molecule has 0 atom stereocenters. The van der Waals surface area contributed by atoms with Gasteiger partial charge in [0, 0.05) is 6.07 Å². The Kier molecular flexibility index (Phi) is 2.40. The Balaban J connectivity index is 2.33. The molecule has 0 unspecified atom stereocenters. The van der Waals surface area contributed by atoms with Crippen LogP contribution in [0.25, 0.3) is 22.6 Å². The third-order valence-electron chi connectivity index (χ3n) is 3.04. The first-order chi connectivity index (χ1) is 8.63. The predicted octanol–water partition coefficient (Wildman–Crippen LogP) is 3.42. The lowest BCUT2D eigenvalue weighted by atomic mass is 10.0. The van der Waals surface area contributed by atoms with Crippen LogP contribution in [-0.4, -0.2) is 4.98 Å². The van der Waals surface area contributed by atoms with Crippen LogP contribution in [0.4, 0.5) is 0 Å². The van der Waals surface area contributed by atoms with Gasteiger partial charge in [0.15, 0.2) is 16.8 Å². The van der Waals surface area contributed by atoms with Crippen molar-refractivity contribution in [1.82, 2.24) is 4.98 Å². The lowest BCUT2D eigenvalue weighted by Crippen LogP contribution is -1.99. The SMILES string of the molecule is CC(C)c1ccc2nc3ccc(=O)cc-3oc2c1. The fourth-order valence-corrected chi connectivity index (χ4v) is 1.98. The minimum atomic E-state index is -0.0626. The summed E-state index contributed by atoms with van der Waals surface area (Å²) in [6, 6.07) is 10.7. The topological polar surface area (TPSA) is 43.1 Å². The van der Waals surface area contributed by atoms with Crippen molar-refractivity contribution in [2.75, 3.05) is 0 Å². The number of benzene rings is 2. The lowest BCUT2D eigenvalue weighted by molar-refractivity contribution is 0.611. The smallest absolute Gasteiger partial charge is 0.182 e. The highest BCUT2D eigenvalue weighted by Gasteiger charge is 2.10. The molecule has 3 nitrogen and oxygen atoms in total. The molecule has 0 bridgehead atoms. The highest BCUT2D eigenvalue weighted by molar-refractivity contribution is 5.76. The van der Waals surface area contributed by atoms with Gasteiger partial charge in [0.2, 0.25) is 0 Å². The molecule has 1 heterocycles. The maximum Gasteiger partial charge on any atom is 0.182 e. The maximum atomic E-state index is 11.3. The molecule has 0 aromatic heterocycles. The standard InChI is InChI=1S/C15H13NO2/c1-9(2)10-3-5-12-14(7-10)18-15-8-11(17)4-6-13(15)16-12/h3-9H,1-2H3. The van der Waals surface area contributed by atoms with Gasteiger partial charge >= 0.3 is 0 Å². The van der Waals surface area contributed by atoms with Gasteiger partial charge in [-0.1, -0.05) is 19.9 Å². The average Bonchev–Trinajstić information content (AvgIpc) is 2.35. The van der Waals surface area contributed by atoms with Crippen LogP contribution in [0.5, 0.6) is 0 Å². The van der Waals surface area contributed by atoms with Crippen molar-refractivity contribution < 1.29 is 4.42 Å². The van der Waals surface area contributed by atoms with E-state index >= 15 is 0 Å². The summed E-state index contributed by atoms with van der Waals surface area (Å²) in [6.07, 6.45) is 0. The molecule has 1 aromatic rings. The van der Waals surface area contributed by atoms with Crippen LogP contribution < -0.4 is 5.43 Å². The highest BCUT2D eigenvalue weighted by atomic mass is 16.3. The van der Waals surface area contributed by atoms with Gasteiger partial charge in [0.25, 0.3) is 0 Å². The van der Waals surface area contributed by atoms with Crippen molar-refractivity contribution in [3.05, 3.63) is 52.2 Å². The normalized spacial score (nSPS) is 11.5. The molecular formula is C15H13NO2. The van der Waals surface area contributed by atoms with E-state index in [0.29, 0.717) is 17.4 Å². The number of aromatic nitrogens is 1. The van der Waals surface area contributed by atoms with Crippen molar-refractivity contribution in [3.63, 3.8) is 0 Å². The molecule has 0 fully saturated rings. The molecule has 1 aliphatic heterocycles. The van der Waals surface area contributed by atoms with Gasteiger partial charge in [-0.15, -0.1) is 0 Å². The second-order valence-electron chi connectivity index (χ2n) is 4.73. The molecule has 3 heteroatoms. The summed E-state index contributed by atoms with van der Waals surface area (Å²) in [7, 11) is 0. The Morgan fingerprint density at radius 1 is 1.11 bits per heavy atom. The van der Waals surface area contributed by atoms with Crippen molar-refractivity contribution in [2.45, 2.75) is 19.8 Å². The summed E-state index contributed by atoms with van der Waals surface area (Å²) >= 11 is 0. The van der Waals surface area contributed by atoms with E-state index in [1.807, 2.05) is 12.1 Å². The molecule has 1 aliphatic carbocycles. The minimum Gasteiger partial charge on any atom is -0.453 e. The monoisotopic (exact) mass is 239 g/mol. The first-order valence-corrected chi connectivity index (χ1v) is 5.98. The fourth-order valence-electron chi connectivity index (χ4n) is 1.98. The number of nitrogens with zero attached hydrogens (tertiary/aromatic N) is 1. The number of rotatable bonds is 1. The van der Waals surface area contributed by atoms with Crippen LogP contribution in [0.3, 0.4) is 0 Å². The van der Waals surface area contributed by atoms with Crippen molar-refractivity contribution in [3.8, 4) is 11.5 Å². The Bertz CT molecular complexity index is 743. The highest BCUT2D eigenvalue weighted by Crippen LogP contribution is 2.26. The Morgan fingerprint density at radius 3 is 2.72 bits per heavy atom. The summed E-state index contributed by atoms with van der Waals surface area (Å²) in [5.41, 5.74) is 3.38. The summed E-state index contributed by atoms with van der Waals surface area (Å²) < 4.78 is 5.76. The Hall–Kier alpha value is -2.16. The maximum absolute atomic E-state index is 11.3. The third-order valence-corrected chi connectivity index (χ3v) is 3.04. The molecule has 0 N–H and O–H groups in total. The van der Waals surface area contributed by atoms with E-state index in [0.717, 1.165) is 11.1 Å². The van der Waals surface area contributed by atoms with Gasteiger partial charge < -0.3 is 4.42 Å². The number of hydrogen-bond donors (Lipinski definition) is 0. The van der Waals surface area contributed by atoms with E-state index in [4.69, 9.17) is 4.42 Å². The quantitative estimate of drug-likeness (QED) is 0.611. The molecule has 0 saturated heterocycles. The molecule has 0 amide bonds. The second-order valence-corrected chi connectivity index (χ2v) is 4.73. The molecule has 2 aliphatic rings. The van der Waals surface area contributed by atoms with Crippen LogP contribution in [0.15, 0.2) is 45.6 Å². The minimum absolute atomic E-state index is 0.0626. The van der Waals surface area contributed by atoms with Gasteiger partial charge in [-0.25, -0.2) is 4.98 Å². The second kappa shape index (κ2) is 3.95. The summed E-state index contributed by atoms with van der Waals surface area (Å²) in [5, 5.41) is 0. The van der Waals surface area contributed by atoms with Crippen molar-refractivity contribution >= 4 is 11.1 Å². The molecule has 0 radical (unpaired) electrons. The van der Waals surface area contributed by atoms with E-state index in [1.54, 1.807) is 6.07 Å². The van der Waals surface area contributed by atoms with Crippen LogP contribution >= 0.6 is 0 Å². The molecule has 0 saturated carbocycles. The molecule has 3 rings (SSSR count). The van der Waals surface area contributed by atoms with E-state index in [2.05, 4.69) is 24.9 Å². The van der Waals surface area contributed by atoms with Crippen LogP contribution in [0.1, 0.15) is 25.3 Å². The van der Waals surface area contributed by atoms with Crippen LogP contribution in [0.2, 0.25) is 0 Å². The first kappa shape index (κ1) is 11.0. The summed E-state index contributed by atoms with van der Waals surface area (Å²) in [4.78, 5) is 15.8. The predicted molar refractivity (Wildman–Crippen MR) is 71.0 cm³/mol. The van der Waals surface area contributed by atoms with E-state index < -0.39 is 0 Å². The zero-order valence-electron chi connectivity index (χ0n) is 10.3. The van der Waals surface area contributed by atoms with Crippen molar-refractivity contribution in [2.24, 2.45) is 0 Å². The van der Waals surface area contributed by atoms with Gasteiger partial charge in [-0.3, -0.25) is 4.79 Å². The average molecular weight is 239 g/mol. The fraction of sp³-hybridized carbons (Fsp3) is 0.200. The van der Waals surface area contributed by atoms with Gasteiger partial charge in [0.05, 0.1) is 0 Å². The van der Waals surface area contributed by atoms with Crippen molar-refractivity contribution in [1.29, 1.82) is 0 Å². The zero-order valence-corrected chi connectivity index (χ0v) is 10.3. The van der Waals surface area contributed by atoms with E-state index in [1.165, 1.54) is 17.7 Å². The molecular weight excluding hydrogens is 226 g/mol. The molecule has 90 valence electrons. The largest absolute Gasteiger partial charge is 0.453 e. The van der Waals surface area contributed by atoms with Gasteiger partial charge in [-0.05, 0) is 35.7 Å².